The van der Waals surface area contributed by atoms with Crippen LogP contribution in [0.5, 0.6) is 0 Å². The summed E-state index contributed by atoms with van der Waals surface area (Å²) in [6.45, 7) is 27.3. The molecule has 0 unspecified atom stereocenters. The van der Waals surface area contributed by atoms with Gasteiger partial charge in [-0.15, -0.1) is 0 Å². The molecule has 0 aliphatic heterocycles. The maximum absolute atomic E-state index is 15.8. The molecule has 0 aromatic rings. The molecule has 6 heteroatoms. The summed E-state index contributed by atoms with van der Waals surface area (Å²) in [4.78, 5) is 10.9. The highest BCUT2D eigenvalue weighted by molar-refractivity contribution is 6.74. The zero-order valence-corrected chi connectivity index (χ0v) is 30.5. The number of alkyl halides is 1. The Hall–Kier alpha value is -0.826. The summed E-state index contributed by atoms with van der Waals surface area (Å²) in [5.74, 6) is 0.340. The quantitative estimate of drug-likeness (QED) is 0.157. The van der Waals surface area contributed by atoms with Crippen LogP contribution in [0.4, 0.5) is 4.39 Å². The first kappa shape index (κ1) is 34.7. The number of halogens is 1. The number of carbonyl (C=O) groups is 1. The van der Waals surface area contributed by atoms with Gasteiger partial charge in [0.15, 0.2) is 16.6 Å². The van der Waals surface area contributed by atoms with Crippen LogP contribution >= 0.6 is 0 Å². The Balaban J connectivity index is 1.89. The molecule has 0 heterocycles. The Morgan fingerprint density at radius 2 is 1.41 bits per heavy atom. The Bertz CT molecular complexity index is 989. The van der Waals surface area contributed by atoms with Crippen molar-refractivity contribution in [3.63, 3.8) is 0 Å². The number of hydrogen-bond acceptors (Lipinski definition) is 3. The maximum atomic E-state index is 15.8. The number of fused-ring (bicyclic) bond motifs is 1. The van der Waals surface area contributed by atoms with Gasteiger partial charge in [-0.05, 0) is 118 Å². The van der Waals surface area contributed by atoms with Gasteiger partial charge in [-0.1, -0.05) is 71.8 Å². The highest BCUT2D eigenvalue weighted by atomic mass is 28.4. The predicted octanol–water partition coefficient (Wildman–Crippen LogP) is 10.5. The highest BCUT2D eigenvalue weighted by Gasteiger charge is 2.55. The molecule has 3 nitrogen and oxygen atoms in total. The second-order valence-corrected chi connectivity index (χ2v) is 26.4. The van der Waals surface area contributed by atoms with Crippen LogP contribution in [-0.2, 0) is 13.6 Å². The van der Waals surface area contributed by atoms with Crippen molar-refractivity contribution in [1.29, 1.82) is 0 Å². The van der Waals surface area contributed by atoms with Crippen molar-refractivity contribution in [2.75, 3.05) is 0 Å². The molecule has 3 aliphatic rings. The molecule has 0 N–H and O–H groups in total. The van der Waals surface area contributed by atoms with E-state index in [9.17, 15) is 4.79 Å². The van der Waals surface area contributed by atoms with Crippen molar-refractivity contribution < 1.29 is 18.0 Å². The second-order valence-electron chi connectivity index (χ2n) is 16.9. The van der Waals surface area contributed by atoms with Crippen molar-refractivity contribution in [1.82, 2.24) is 0 Å². The second kappa shape index (κ2) is 12.3. The lowest BCUT2D eigenvalue weighted by Gasteiger charge is -2.45. The van der Waals surface area contributed by atoms with Crippen molar-refractivity contribution >= 4 is 22.9 Å². The minimum Gasteiger partial charge on any atom is -0.414 e. The van der Waals surface area contributed by atoms with E-state index in [4.69, 9.17) is 8.85 Å². The number of carbonyl (C=O) groups excluding carboxylic acids is 1. The average Bonchev–Trinajstić information content (AvgIpc) is 3.17. The fourth-order valence-electron chi connectivity index (χ4n) is 7.37. The van der Waals surface area contributed by atoms with Crippen molar-refractivity contribution in [2.45, 2.75) is 161 Å². The van der Waals surface area contributed by atoms with Gasteiger partial charge in [-0.3, -0.25) is 4.79 Å². The van der Waals surface area contributed by atoms with Gasteiger partial charge >= 0.3 is 0 Å². The fourth-order valence-corrected chi connectivity index (χ4v) is 10.1. The number of hydrogen-bond donors (Lipinski definition) is 0. The van der Waals surface area contributed by atoms with E-state index in [1.54, 1.807) is 6.92 Å². The molecule has 0 bridgehead atoms. The highest BCUT2D eigenvalue weighted by Crippen LogP contribution is 2.61. The topological polar surface area (TPSA) is 35.5 Å². The van der Waals surface area contributed by atoms with E-state index in [2.05, 4.69) is 86.8 Å². The number of rotatable bonds is 8. The number of allylic oxidation sites excluding steroid dienone is 5. The van der Waals surface area contributed by atoms with E-state index >= 15 is 4.39 Å². The standard InChI is InChI=1S/C35H61FO3Si2/c1-32(2,3)40(9,10)38-28-23-26(24-29(25-28)39-41(11,12)33(4,5)6)16-17-27-15-13-20-34(7)30(27)18-19-31(34)35(8,36)21-14-22-37/h14,16-17,21-22,28-31H,13,15,18-20,23-25H2,1-12H3/b21-14+,27-17+/t28-,29-,30+,31+,34+,35+/m1/s1. The first-order valence-corrected chi connectivity index (χ1v) is 22.0. The molecule has 0 aromatic heterocycles. The Morgan fingerprint density at radius 3 is 1.90 bits per heavy atom. The van der Waals surface area contributed by atoms with E-state index < -0.39 is 22.3 Å². The summed E-state index contributed by atoms with van der Waals surface area (Å²) in [5.41, 5.74) is 1.38. The van der Waals surface area contributed by atoms with Crippen LogP contribution in [-0.4, -0.2) is 40.8 Å². The van der Waals surface area contributed by atoms with E-state index in [0.717, 1.165) is 51.4 Å². The molecule has 0 aromatic carbocycles. The third-order valence-electron chi connectivity index (χ3n) is 11.7. The molecule has 234 valence electrons. The summed E-state index contributed by atoms with van der Waals surface area (Å²) in [7, 11) is -3.83. The summed E-state index contributed by atoms with van der Waals surface area (Å²) >= 11 is 0. The molecule has 3 saturated carbocycles. The van der Waals surface area contributed by atoms with Gasteiger partial charge in [0.05, 0.1) is 12.2 Å². The van der Waals surface area contributed by atoms with Crippen LogP contribution in [0, 0.1) is 17.3 Å². The van der Waals surface area contributed by atoms with Gasteiger partial charge in [-0.25, -0.2) is 4.39 Å². The lowest BCUT2D eigenvalue weighted by molar-refractivity contribution is -0.104. The van der Waals surface area contributed by atoms with Gasteiger partial charge in [0, 0.05) is 5.92 Å². The minimum atomic E-state index is -1.91. The van der Waals surface area contributed by atoms with Crippen LogP contribution in [0.25, 0.3) is 0 Å². The van der Waals surface area contributed by atoms with E-state index in [-0.39, 0.29) is 33.6 Å². The van der Waals surface area contributed by atoms with Crippen molar-refractivity contribution in [2.24, 2.45) is 17.3 Å². The maximum Gasteiger partial charge on any atom is 0.192 e. The third kappa shape index (κ3) is 7.83. The van der Waals surface area contributed by atoms with E-state index in [0.29, 0.717) is 12.2 Å². The van der Waals surface area contributed by atoms with Gasteiger partial charge in [0.1, 0.15) is 12.0 Å². The van der Waals surface area contributed by atoms with E-state index in [1.165, 1.54) is 23.3 Å². The molecular weight excluding hydrogens is 544 g/mol. The molecule has 0 spiro atoms. The Labute approximate surface area is 254 Å². The van der Waals surface area contributed by atoms with Crippen molar-refractivity contribution in [3.8, 4) is 0 Å². The van der Waals surface area contributed by atoms with Gasteiger partial charge < -0.3 is 8.85 Å². The molecule has 41 heavy (non-hydrogen) atoms. The smallest absolute Gasteiger partial charge is 0.192 e. The molecule has 3 aliphatic carbocycles. The van der Waals surface area contributed by atoms with Crippen LogP contribution in [0.3, 0.4) is 0 Å². The monoisotopic (exact) mass is 604 g/mol. The first-order valence-electron chi connectivity index (χ1n) is 16.2. The predicted molar refractivity (Wildman–Crippen MR) is 177 cm³/mol. The molecule has 3 rings (SSSR count). The zero-order valence-electron chi connectivity index (χ0n) is 28.5. The lowest BCUT2D eigenvalue weighted by Crippen LogP contribution is -2.48. The van der Waals surface area contributed by atoms with E-state index in [1.807, 2.05) is 0 Å². The zero-order chi connectivity index (χ0) is 31.1. The van der Waals surface area contributed by atoms with Crippen LogP contribution < -0.4 is 0 Å². The van der Waals surface area contributed by atoms with Gasteiger partial charge in [-0.2, -0.15) is 0 Å². The summed E-state index contributed by atoms with van der Waals surface area (Å²) in [5, 5.41) is 0.340. The molecule has 0 radical (unpaired) electrons. The Kier molecular flexibility index (Phi) is 10.4. The third-order valence-corrected chi connectivity index (χ3v) is 20.8. The largest absolute Gasteiger partial charge is 0.414 e. The Morgan fingerprint density at radius 1 is 0.878 bits per heavy atom. The molecule has 3 fully saturated rings. The summed E-state index contributed by atoms with van der Waals surface area (Å²) in [6, 6.07) is 0. The normalized spacial score (nSPS) is 32.7. The summed E-state index contributed by atoms with van der Waals surface area (Å²) in [6.07, 6.45) is 16.7. The van der Waals surface area contributed by atoms with Crippen molar-refractivity contribution in [3.05, 3.63) is 35.5 Å². The fraction of sp³-hybridized carbons (Fsp3) is 0.800. The summed E-state index contributed by atoms with van der Waals surface area (Å²) < 4.78 is 29.8. The molecule has 6 atom stereocenters. The van der Waals surface area contributed by atoms with Crippen LogP contribution in [0.1, 0.15) is 107 Å². The minimum absolute atomic E-state index is 0.0630. The van der Waals surface area contributed by atoms with Gasteiger partial charge in [0.25, 0.3) is 0 Å². The van der Waals surface area contributed by atoms with Gasteiger partial charge in [0.2, 0.25) is 0 Å². The van der Waals surface area contributed by atoms with Crippen LogP contribution in [0.15, 0.2) is 35.5 Å². The SMILES string of the molecule is CC(C)(C)[Si](C)(C)O[C@@H]1CC(=C/C=C2\CCC[C@@]3(C)[C@H]2CC[C@@H]3[C@@](C)(F)/C=C/C=O)C[C@@H](O[Si](C)(C)C(C)(C)C)C1. The molecular formula is C35H61FO3Si2. The average molecular weight is 605 g/mol. The molecule has 0 saturated heterocycles. The lowest BCUT2D eigenvalue weighted by atomic mass is 9.60. The molecule has 0 amide bonds. The first-order chi connectivity index (χ1) is 18.6. The van der Waals surface area contributed by atoms with Crippen LogP contribution in [0.2, 0.25) is 36.3 Å². The number of aldehydes is 1.